The number of benzene rings is 1. The fraction of sp³-hybridized carbons (Fsp3) is 0.526. The molecule has 6 radical (unpaired) electrons. The van der Waals surface area contributed by atoms with Crippen molar-refractivity contribution in [2.75, 3.05) is 18.5 Å². The van der Waals surface area contributed by atoms with Crippen LogP contribution in [0.3, 0.4) is 0 Å². The van der Waals surface area contributed by atoms with Crippen LogP contribution in [0.4, 0.5) is 10.5 Å². The second kappa shape index (κ2) is 8.75. The van der Waals surface area contributed by atoms with E-state index in [-0.39, 0.29) is 42.8 Å². The molecule has 31 heavy (non-hydrogen) atoms. The zero-order chi connectivity index (χ0) is 23.0. The third-order valence-corrected chi connectivity index (χ3v) is 9.15. The third-order valence-electron chi connectivity index (χ3n) is 5.98. The predicted molar refractivity (Wildman–Crippen MR) is 122 cm³/mol. The van der Waals surface area contributed by atoms with Crippen molar-refractivity contribution in [3.8, 4) is 5.75 Å². The highest BCUT2D eigenvalue weighted by atomic mass is 35.5. The average Bonchev–Trinajstić information content (AvgIpc) is 3.08. The summed E-state index contributed by atoms with van der Waals surface area (Å²) in [6.07, 6.45) is 3.49. The number of aromatic hydroxyl groups is 1. The second-order valence-corrected chi connectivity index (χ2v) is 10.6. The Morgan fingerprint density at radius 1 is 1.29 bits per heavy atom. The zero-order valence-corrected chi connectivity index (χ0v) is 18.7. The minimum absolute atomic E-state index is 0.0690. The van der Waals surface area contributed by atoms with E-state index in [1.165, 1.54) is 12.1 Å². The van der Waals surface area contributed by atoms with E-state index >= 15 is 0 Å². The van der Waals surface area contributed by atoms with Crippen LogP contribution in [-0.4, -0.2) is 67.1 Å². The Labute approximate surface area is 191 Å². The van der Waals surface area contributed by atoms with Crippen LogP contribution >= 0.6 is 11.6 Å². The summed E-state index contributed by atoms with van der Waals surface area (Å²) in [5, 5.41) is 13.7. The van der Waals surface area contributed by atoms with Gasteiger partial charge in [0.2, 0.25) is 0 Å². The van der Waals surface area contributed by atoms with Gasteiger partial charge >= 0.3 is 6.03 Å². The van der Waals surface area contributed by atoms with E-state index in [1.54, 1.807) is 0 Å². The van der Waals surface area contributed by atoms with Crippen LogP contribution in [0.25, 0.3) is 0 Å². The summed E-state index contributed by atoms with van der Waals surface area (Å²) in [7, 11) is 13.3. The fourth-order valence-corrected chi connectivity index (χ4v) is 6.79. The normalized spacial score (nSPS) is 21.4. The molecule has 1 aromatic rings. The van der Waals surface area contributed by atoms with Gasteiger partial charge in [0.1, 0.15) is 4.90 Å². The summed E-state index contributed by atoms with van der Waals surface area (Å²) in [5.41, 5.74) is 0.907. The van der Waals surface area contributed by atoms with Gasteiger partial charge in [0.05, 0.1) is 45.0 Å². The molecule has 1 atom stereocenters. The quantitative estimate of drug-likeness (QED) is 0.357. The lowest BCUT2D eigenvalue weighted by atomic mass is 9.36. The number of anilines is 1. The number of ether oxygens (including phenoxy) is 1. The number of nitrogens with one attached hydrogen (secondary N) is 2. The smallest absolute Gasteiger partial charge is 0.319 e. The molecule has 0 unspecified atom stereocenters. The van der Waals surface area contributed by atoms with Crippen LogP contribution in [-0.2, 0) is 14.6 Å². The number of amides is 2. The summed E-state index contributed by atoms with van der Waals surface area (Å²) in [5.74, 6) is -0.712. The number of allylic oxidation sites excluding steroid dienone is 1. The molecule has 2 amide bonds. The number of carbonyl (C=O) groups is 1. The minimum Gasteiger partial charge on any atom is -0.504 e. The van der Waals surface area contributed by atoms with Crippen LogP contribution in [0.1, 0.15) is 32.6 Å². The molecule has 7 nitrogen and oxygen atoms in total. The predicted octanol–water partition coefficient (Wildman–Crippen LogP) is 2.18. The van der Waals surface area contributed by atoms with Crippen molar-refractivity contribution in [1.29, 1.82) is 0 Å². The van der Waals surface area contributed by atoms with Gasteiger partial charge in [0.15, 0.2) is 15.6 Å². The van der Waals surface area contributed by atoms with E-state index in [0.717, 1.165) is 18.4 Å². The summed E-state index contributed by atoms with van der Waals surface area (Å²) >= 11 is 6.18. The van der Waals surface area contributed by atoms with E-state index in [4.69, 9.17) is 39.9 Å². The van der Waals surface area contributed by atoms with Gasteiger partial charge in [-0.1, -0.05) is 23.3 Å². The van der Waals surface area contributed by atoms with Gasteiger partial charge in [-0.15, -0.1) is 5.11 Å². The zero-order valence-electron chi connectivity index (χ0n) is 17.2. The molecule has 1 aliphatic heterocycles. The van der Waals surface area contributed by atoms with Gasteiger partial charge in [0, 0.05) is 13.2 Å². The molecule has 1 fully saturated rings. The van der Waals surface area contributed by atoms with Crippen molar-refractivity contribution >= 4 is 56.7 Å². The Kier molecular flexibility index (Phi) is 6.80. The Hall–Kier alpha value is -1.58. The number of phenols is 1. The number of halogens is 1. The van der Waals surface area contributed by atoms with Crippen LogP contribution in [0.2, 0.25) is 10.1 Å². The highest BCUT2D eigenvalue weighted by Crippen LogP contribution is 2.51. The number of hydrogen-bond acceptors (Lipinski definition) is 5. The number of rotatable bonds is 5. The first-order chi connectivity index (χ1) is 14.4. The molecule has 3 N–H and O–H groups in total. The Morgan fingerprint density at radius 2 is 1.94 bits per heavy atom. The topological polar surface area (TPSA) is 105 Å². The second-order valence-electron chi connectivity index (χ2n) is 7.99. The molecule has 3 rings (SSSR count). The lowest BCUT2D eigenvalue weighted by molar-refractivity contribution is 0.0747. The summed E-state index contributed by atoms with van der Waals surface area (Å²) in [6, 6.07) is 1.86. The molecule has 2 aliphatic rings. The Morgan fingerprint density at radius 3 is 2.48 bits per heavy atom. The molecule has 1 heterocycles. The first kappa shape index (κ1) is 24.1. The summed E-state index contributed by atoms with van der Waals surface area (Å²) in [4.78, 5) is 11.8. The van der Waals surface area contributed by atoms with Gasteiger partial charge in [-0.25, -0.2) is 13.2 Å². The molecule has 0 saturated carbocycles. The Balaban J connectivity index is 1.98. The highest BCUT2D eigenvalue weighted by molar-refractivity contribution is 7.93. The molecule has 1 aliphatic carbocycles. The van der Waals surface area contributed by atoms with Crippen molar-refractivity contribution in [1.82, 2.24) is 5.32 Å². The van der Waals surface area contributed by atoms with Crippen LogP contribution in [0.5, 0.6) is 5.75 Å². The van der Waals surface area contributed by atoms with Gasteiger partial charge < -0.3 is 20.5 Å². The summed E-state index contributed by atoms with van der Waals surface area (Å²) < 4.78 is 30.8. The standard InChI is InChI=1S/C19H22B3ClN2O5S/c1-11-3-2-4-13(11)24-17(27)25-14-6-5-12(23)16(15(14)26)31(28,29)18(19(20,21)22)7-9-30-10-8-18/h3,5-6,13,26H,2,4,7-10H2,1H3,(H2,24,25,27)/t13-/m1/s1. The van der Waals surface area contributed by atoms with Crippen molar-refractivity contribution in [2.45, 2.75) is 53.4 Å². The van der Waals surface area contributed by atoms with Gasteiger partial charge in [-0.05, 0) is 44.7 Å². The van der Waals surface area contributed by atoms with Crippen LogP contribution in [0.15, 0.2) is 28.7 Å². The van der Waals surface area contributed by atoms with Gasteiger partial charge in [0.25, 0.3) is 0 Å². The number of carbonyl (C=O) groups excluding carboxylic acids is 1. The fourth-order valence-electron chi connectivity index (χ4n) is 4.08. The van der Waals surface area contributed by atoms with Crippen LogP contribution < -0.4 is 10.6 Å². The Bertz CT molecular complexity index is 1000. The first-order valence-corrected chi connectivity index (χ1v) is 11.7. The molecule has 160 valence electrons. The molecular formula is C19H22B3ClN2O5S. The molecule has 1 aromatic carbocycles. The molecule has 0 aromatic heterocycles. The van der Waals surface area contributed by atoms with E-state index in [9.17, 15) is 18.3 Å². The van der Waals surface area contributed by atoms with E-state index in [1.807, 2.05) is 13.0 Å². The highest BCUT2D eigenvalue weighted by Gasteiger charge is 2.54. The maximum Gasteiger partial charge on any atom is 0.319 e. The van der Waals surface area contributed by atoms with Crippen molar-refractivity contribution in [3.05, 3.63) is 28.8 Å². The van der Waals surface area contributed by atoms with E-state index in [2.05, 4.69) is 10.6 Å². The van der Waals surface area contributed by atoms with Crippen LogP contribution in [0, 0.1) is 0 Å². The monoisotopic (exact) mass is 458 g/mol. The average molecular weight is 458 g/mol. The summed E-state index contributed by atoms with van der Waals surface area (Å²) in [6.45, 7) is 2.05. The SMILES string of the molecule is [B]C([B])([B])C1(S(=O)(=O)c2c(Cl)ccc(NC(=O)N[C@@H]3CCC=C3C)c2O)CCOCC1. The minimum atomic E-state index is -4.45. The molecule has 0 bridgehead atoms. The first-order valence-electron chi connectivity index (χ1n) is 9.85. The maximum atomic E-state index is 13.7. The van der Waals surface area contributed by atoms with Crippen molar-refractivity contribution in [2.24, 2.45) is 0 Å². The third kappa shape index (κ3) is 4.37. The van der Waals surface area contributed by atoms with E-state index < -0.39 is 36.4 Å². The lowest BCUT2D eigenvalue weighted by Crippen LogP contribution is -2.54. The maximum absolute atomic E-state index is 13.7. The lowest BCUT2D eigenvalue weighted by Gasteiger charge is -2.47. The number of urea groups is 1. The van der Waals surface area contributed by atoms with Crippen molar-refractivity contribution in [3.63, 3.8) is 0 Å². The number of sulfone groups is 1. The number of phenolic OH excluding ortho intramolecular Hbond substituents is 1. The largest absolute Gasteiger partial charge is 0.504 e. The molecular weight excluding hydrogens is 436 g/mol. The molecule has 0 spiro atoms. The van der Waals surface area contributed by atoms with Gasteiger partial charge in [-0.2, -0.15) is 0 Å². The number of hydrogen-bond donors (Lipinski definition) is 3. The van der Waals surface area contributed by atoms with Gasteiger partial charge in [-0.3, -0.25) is 0 Å². The van der Waals surface area contributed by atoms with Crippen molar-refractivity contribution < 1.29 is 23.1 Å². The molecule has 1 saturated heterocycles. The molecule has 12 heteroatoms. The van der Waals surface area contributed by atoms with E-state index in [0.29, 0.717) is 0 Å².